The van der Waals surface area contributed by atoms with Crippen molar-refractivity contribution in [1.29, 1.82) is 0 Å². The highest BCUT2D eigenvalue weighted by atomic mass is 35.5. The van der Waals surface area contributed by atoms with Crippen LogP contribution >= 0.6 is 11.6 Å². The molecule has 0 aliphatic carbocycles. The van der Waals surface area contributed by atoms with Crippen LogP contribution in [-0.4, -0.2) is 17.0 Å². The van der Waals surface area contributed by atoms with Gasteiger partial charge in [-0.05, 0) is 37.6 Å². The lowest BCUT2D eigenvalue weighted by atomic mass is 10.2. The monoisotopic (exact) mass is 327 g/mol. The van der Waals surface area contributed by atoms with Crippen molar-refractivity contribution in [2.45, 2.75) is 18.7 Å². The van der Waals surface area contributed by atoms with Gasteiger partial charge in [-0.25, -0.2) is 4.98 Å². The lowest BCUT2D eigenvalue weighted by molar-refractivity contribution is 0.310. The van der Waals surface area contributed by atoms with Crippen LogP contribution in [0.25, 0.3) is 23.3 Å². The predicted octanol–water partition coefficient (Wildman–Crippen LogP) is 5.39. The van der Waals surface area contributed by atoms with Crippen LogP contribution < -0.4 is 4.74 Å². The van der Waals surface area contributed by atoms with E-state index in [1.807, 2.05) is 67.6 Å². The minimum atomic E-state index is 0.109. The molecule has 3 aromatic rings. The van der Waals surface area contributed by atoms with Crippen molar-refractivity contribution in [1.82, 2.24) is 4.98 Å². The van der Waals surface area contributed by atoms with Gasteiger partial charge in [-0.3, -0.25) is 0 Å². The van der Waals surface area contributed by atoms with Gasteiger partial charge in [-0.1, -0.05) is 30.3 Å². The zero-order valence-corrected chi connectivity index (χ0v) is 13.7. The molecular formula is C19H18ClNO2. The molecule has 0 saturated carbocycles. The van der Waals surface area contributed by atoms with Crippen LogP contribution in [0.1, 0.15) is 24.8 Å². The number of benzene rings is 2. The summed E-state index contributed by atoms with van der Waals surface area (Å²) in [5.74, 6) is 1.41. The number of halogens is 1. The van der Waals surface area contributed by atoms with Gasteiger partial charge in [0.1, 0.15) is 11.3 Å². The first kappa shape index (κ1) is 15.6. The third-order valence-corrected chi connectivity index (χ3v) is 3.63. The molecule has 0 bridgehead atoms. The standard InChI is InChI=1S/C19H18ClNO2/c1-14(20)12-13-22-17-8-4-2-6-15(17)10-11-19-21-16-7-3-5-9-18(16)23-19/h2-11,14H,12-13H2,1H3. The minimum absolute atomic E-state index is 0.109. The van der Waals surface area contributed by atoms with Gasteiger partial charge >= 0.3 is 0 Å². The maximum Gasteiger partial charge on any atom is 0.220 e. The van der Waals surface area contributed by atoms with Crippen LogP contribution in [-0.2, 0) is 0 Å². The number of alkyl halides is 1. The Balaban J connectivity index is 1.76. The molecule has 1 atom stereocenters. The highest BCUT2D eigenvalue weighted by Gasteiger charge is 2.04. The number of ether oxygens (including phenoxy) is 1. The van der Waals surface area contributed by atoms with Gasteiger partial charge in [0.25, 0.3) is 0 Å². The molecule has 1 heterocycles. The lowest BCUT2D eigenvalue weighted by Crippen LogP contribution is -2.03. The summed E-state index contributed by atoms with van der Waals surface area (Å²) in [6, 6.07) is 15.6. The van der Waals surface area contributed by atoms with E-state index in [1.54, 1.807) is 0 Å². The molecule has 0 aliphatic heterocycles. The lowest BCUT2D eigenvalue weighted by Gasteiger charge is -2.09. The summed E-state index contributed by atoms with van der Waals surface area (Å²) in [6.07, 6.45) is 4.61. The Morgan fingerprint density at radius 1 is 1.13 bits per heavy atom. The largest absolute Gasteiger partial charge is 0.493 e. The Morgan fingerprint density at radius 3 is 2.74 bits per heavy atom. The van der Waals surface area contributed by atoms with E-state index < -0.39 is 0 Å². The highest BCUT2D eigenvalue weighted by Crippen LogP contribution is 2.22. The second kappa shape index (κ2) is 7.34. The molecule has 118 valence electrons. The summed E-state index contributed by atoms with van der Waals surface area (Å²) >= 11 is 5.95. The third-order valence-electron chi connectivity index (χ3n) is 3.41. The number of rotatable bonds is 6. The van der Waals surface area contributed by atoms with Gasteiger partial charge in [0.05, 0.1) is 6.61 Å². The Bertz CT molecular complexity index is 775. The summed E-state index contributed by atoms with van der Waals surface area (Å²) in [5.41, 5.74) is 2.62. The van der Waals surface area contributed by atoms with Crippen LogP contribution in [0.15, 0.2) is 52.9 Å². The van der Waals surface area contributed by atoms with E-state index in [-0.39, 0.29) is 5.38 Å². The van der Waals surface area contributed by atoms with Crippen molar-refractivity contribution in [3.05, 3.63) is 60.0 Å². The zero-order valence-electron chi connectivity index (χ0n) is 12.9. The first-order chi connectivity index (χ1) is 11.2. The van der Waals surface area contributed by atoms with Gasteiger partial charge in [-0.2, -0.15) is 0 Å². The molecule has 0 saturated heterocycles. The molecule has 2 aromatic carbocycles. The summed E-state index contributed by atoms with van der Waals surface area (Å²) in [5, 5.41) is 0.109. The van der Waals surface area contributed by atoms with Gasteiger partial charge < -0.3 is 9.15 Å². The topological polar surface area (TPSA) is 35.3 Å². The van der Waals surface area contributed by atoms with Crippen molar-refractivity contribution >= 4 is 34.9 Å². The van der Waals surface area contributed by atoms with Crippen molar-refractivity contribution in [3.8, 4) is 5.75 Å². The predicted molar refractivity (Wildman–Crippen MR) is 94.8 cm³/mol. The molecule has 0 spiro atoms. The summed E-state index contributed by atoms with van der Waals surface area (Å²) in [4.78, 5) is 4.43. The van der Waals surface area contributed by atoms with E-state index >= 15 is 0 Å². The van der Waals surface area contributed by atoms with Gasteiger partial charge in [0, 0.05) is 17.0 Å². The van der Waals surface area contributed by atoms with E-state index in [0.29, 0.717) is 12.5 Å². The van der Waals surface area contributed by atoms with Crippen molar-refractivity contribution in [3.63, 3.8) is 0 Å². The number of para-hydroxylation sites is 3. The maximum absolute atomic E-state index is 5.95. The van der Waals surface area contributed by atoms with E-state index in [0.717, 1.165) is 28.8 Å². The van der Waals surface area contributed by atoms with Gasteiger partial charge in [-0.15, -0.1) is 11.6 Å². The van der Waals surface area contributed by atoms with Crippen LogP contribution in [0.2, 0.25) is 0 Å². The first-order valence-electron chi connectivity index (χ1n) is 7.62. The van der Waals surface area contributed by atoms with E-state index in [2.05, 4.69) is 4.98 Å². The molecule has 0 aliphatic rings. The van der Waals surface area contributed by atoms with Crippen LogP contribution in [0.4, 0.5) is 0 Å². The summed E-state index contributed by atoms with van der Waals surface area (Å²) in [7, 11) is 0. The quantitative estimate of drug-likeness (QED) is 0.569. The molecule has 0 radical (unpaired) electrons. The summed E-state index contributed by atoms with van der Waals surface area (Å²) < 4.78 is 11.5. The van der Waals surface area contributed by atoms with Crippen LogP contribution in [0.5, 0.6) is 5.75 Å². The number of nitrogens with zero attached hydrogens (tertiary/aromatic N) is 1. The van der Waals surface area contributed by atoms with E-state index in [4.69, 9.17) is 20.8 Å². The molecule has 0 amide bonds. The average Bonchev–Trinajstić information content (AvgIpc) is 2.96. The number of fused-ring (bicyclic) bond motifs is 1. The van der Waals surface area contributed by atoms with Crippen LogP contribution in [0, 0.1) is 0 Å². The smallest absolute Gasteiger partial charge is 0.220 e. The molecule has 4 heteroatoms. The Morgan fingerprint density at radius 2 is 1.91 bits per heavy atom. The second-order valence-electron chi connectivity index (χ2n) is 5.31. The molecule has 3 rings (SSSR count). The first-order valence-corrected chi connectivity index (χ1v) is 8.05. The van der Waals surface area contributed by atoms with Crippen molar-refractivity contribution in [2.75, 3.05) is 6.61 Å². The molecule has 1 aromatic heterocycles. The number of aromatic nitrogens is 1. The fourth-order valence-electron chi connectivity index (χ4n) is 2.20. The van der Waals surface area contributed by atoms with Gasteiger partial charge in [0.2, 0.25) is 5.89 Å². The maximum atomic E-state index is 5.95. The zero-order chi connectivity index (χ0) is 16.1. The third kappa shape index (κ3) is 4.14. The number of oxazole rings is 1. The molecule has 23 heavy (non-hydrogen) atoms. The average molecular weight is 328 g/mol. The molecule has 0 fully saturated rings. The fourth-order valence-corrected chi connectivity index (χ4v) is 2.29. The van der Waals surface area contributed by atoms with Crippen LogP contribution in [0.3, 0.4) is 0 Å². The normalized spacial score (nSPS) is 12.8. The Hall–Kier alpha value is -2.26. The minimum Gasteiger partial charge on any atom is -0.493 e. The molecule has 0 N–H and O–H groups in total. The highest BCUT2D eigenvalue weighted by molar-refractivity contribution is 6.20. The van der Waals surface area contributed by atoms with Crippen molar-refractivity contribution < 1.29 is 9.15 Å². The number of hydrogen-bond donors (Lipinski definition) is 0. The Labute approximate surface area is 140 Å². The number of hydrogen-bond acceptors (Lipinski definition) is 3. The Kier molecular flexibility index (Phi) is 4.99. The molecule has 1 unspecified atom stereocenters. The SMILES string of the molecule is CC(Cl)CCOc1ccccc1C=Cc1nc2ccccc2o1. The summed E-state index contributed by atoms with van der Waals surface area (Å²) in [6.45, 7) is 2.56. The van der Waals surface area contributed by atoms with E-state index in [1.165, 1.54) is 0 Å². The van der Waals surface area contributed by atoms with Crippen molar-refractivity contribution in [2.24, 2.45) is 0 Å². The second-order valence-corrected chi connectivity index (χ2v) is 6.05. The molecule has 3 nitrogen and oxygen atoms in total. The molecular weight excluding hydrogens is 310 g/mol. The fraction of sp³-hybridized carbons (Fsp3) is 0.211. The van der Waals surface area contributed by atoms with E-state index in [9.17, 15) is 0 Å². The van der Waals surface area contributed by atoms with Gasteiger partial charge in [0.15, 0.2) is 5.58 Å².